The molecule has 106 valence electrons. The van der Waals surface area contributed by atoms with Crippen molar-refractivity contribution in [3.63, 3.8) is 0 Å². The predicted octanol–water partition coefficient (Wildman–Crippen LogP) is 1.47. The van der Waals surface area contributed by atoms with E-state index < -0.39 is 17.9 Å². The Morgan fingerprint density at radius 2 is 2.05 bits per heavy atom. The van der Waals surface area contributed by atoms with Gasteiger partial charge in [-0.25, -0.2) is 4.79 Å². The second-order valence-electron chi connectivity index (χ2n) is 3.97. The molecule has 0 saturated heterocycles. The van der Waals surface area contributed by atoms with Crippen molar-refractivity contribution in [2.75, 3.05) is 13.2 Å². The molecule has 0 radical (unpaired) electrons. The first-order valence-corrected chi connectivity index (χ1v) is 6.20. The summed E-state index contributed by atoms with van der Waals surface area (Å²) in [5.74, 6) is -1.95. The summed E-state index contributed by atoms with van der Waals surface area (Å²) in [6.07, 6.45) is 1.16. The van der Waals surface area contributed by atoms with Gasteiger partial charge in [0.25, 0.3) is 5.91 Å². The number of carboxylic acid groups (broad SMARTS) is 1. The molecule has 0 saturated carbocycles. The third-order valence-corrected chi connectivity index (χ3v) is 2.96. The Kier molecular flexibility index (Phi) is 4.47. The lowest BCUT2D eigenvalue weighted by atomic mass is 10.1. The van der Waals surface area contributed by atoms with Crippen LogP contribution in [0.2, 0.25) is 5.02 Å². The predicted molar refractivity (Wildman–Crippen MR) is 70.0 cm³/mol. The van der Waals surface area contributed by atoms with E-state index in [9.17, 15) is 14.7 Å². The Labute approximate surface area is 119 Å². The number of amides is 1. The molecular weight excluding hydrogens is 286 g/mol. The summed E-state index contributed by atoms with van der Waals surface area (Å²) in [5.41, 5.74) is 0.298. The molecular formula is C13H12ClNO5. The van der Waals surface area contributed by atoms with E-state index in [0.29, 0.717) is 12.2 Å². The van der Waals surface area contributed by atoms with Gasteiger partial charge in [0.05, 0.1) is 0 Å². The quantitative estimate of drug-likeness (QED) is 0.879. The molecule has 1 aromatic carbocycles. The van der Waals surface area contributed by atoms with Gasteiger partial charge in [0.2, 0.25) is 5.76 Å². The van der Waals surface area contributed by atoms with Crippen molar-refractivity contribution in [3.8, 4) is 0 Å². The van der Waals surface area contributed by atoms with Crippen LogP contribution in [0.15, 0.2) is 36.3 Å². The first kappa shape index (κ1) is 14.2. The lowest BCUT2D eigenvalue weighted by Gasteiger charge is -2.19. The highest BCUT2D eigenvalue weighted by molar-refractivity contribution is 6.31. The van der Waals surface area contributed by atoms with Crippen LogP contribution in [-0.4, -0.2) is 30.2 Å². The van der Waals surface area contributed by atoms with Crippen molar-refractivity contribution >= 4 is 23.5 Å². The zero-order chi connectivity index (χ0) is 14.5. The molecule has 2 rings (SSSR count). The van der Waals surface area contributed by atoms with Crippen LogP contribution in [0, 0.1) is 0 Å². The van der Waals surface area contributed by atoms with Crippen LogP contribution in [-0.2, 0) is 19.1 Å². The van der Waals surface area contributed by atoms with Gasteiger partial charge in [-0.3, -0.25) is 4.79 Å². The Morgan fingerprint density at radius 1 is 1.30 bits per heavy atom. The fourth-order valence-corrected chi connectivity index (χ4v) is 1.92. The van der Waals surface area contributed by atoms with Gasteiger partial charge >= 0.3 is 5.97 Å². The van der Waals surface area contributed by atoms with Gasteiger partial charge in [-0.2, -0.15) is 0 Å². The Hall–Kier alpha value is -2.21. The van der Waals surface area contributed by atoms with E-state index in [0.717, 1.165) is 6.26 Å². The van der Waals surface area contributed by atoms with Crippen molar-refractivity contribution in [3.05, 3.63) is 46.9 Å². The normalized spacial score (nSPS) is 15.3. The molecule has 0 aliphatic carbocycles. The third kappa shape index (κ3) is 3.21. The lowest BCUT2D eigenvalue weighted by Crippen LogP contribution is -2.36. The number of halogens is 1. The van der Waals surface area contributed by atoms with Gasteiger partial charge in [-0.15, -0.1) is 0 Å². The number of rotatable bonds is 4. The van der Waals surface area contributed by atoms with E-state index in [-0.39, 0.29) is 17.4 Å². The van der Waals surface area contributed by atoms with Crippen molar-refractivity contribution in [2.45, 2.75) is 6.04 Å². The molecule has 7 heteroatoms. The first-order valence-electron chi connectivity index (χ1n) is 5.82. The monoisotopic (exact) mass is 297 g/mol. The highest BCUT2D eigenvalue weighted by Gasteiger charge is 2.26. The maximum Gasteiger partial charge on any atom is 0.330 e. The van der Waals surface area contributed by atoms with Gasteiger partial charge in [0.15, 0.2) is 6.04 Å². The molecule has 0 aromatic heterocycles. The zero-order valence-corrected chi connectivity index (χ0v) is 11.1. The number of hydrogen-bond acceptors (Lipinski definition) is 4. The average Bonchev–Trinajstić information content (AvgIpc) is 2.46. The number of nitrogens with one attached hydrogen (secondary N) is 1. The number of aliphatic carboxylic acids is 1. The van der Waals surface area contributed by atoms with Crippen LogP contribution in [0.1, 0.15) is 11.6 Å². The summed E-state index contributed by atoms with van der Waals surface area (Å²) < 4.78 is 10.0. The fraction of sp³-hybridized carbons (Fsp3) is 0.231. The standard InChI is InChI=1S/C13H12ClNO5/c14-9-4-2-1-3-8(9)11(13(17)18)15-12(16)10-7-19-5-6-20-10/h1-4,7,11H,5-6H2,(H,15,16)(H,17,18)/t11-/m1/s1. The van der Waals surface area contributed by atoms with Crippen molar-refractivity contribution in [2.24, 2.45) is 0 Å². The van der Waals surface area contributed by atoms with Crippen LogP contribution in [0.25, 0.3) is 0 Å². The smallest absolute Gasteiger partial charge is 0.330 e. The maximum atomic E-state index is 11.9. The summed E-state index contributed by atoms with van der Waals surface area (Å²) in [7, 11) is 0. The van der Waals surface area contributed by atoms with Gasteiger partial charge in [-0.05, 0) is 6.07 Å². The summed E-state index contributed by atoms with van der Waals surface area (Å²) in [5, 5.41) is 11.8. The molecule has 1 atom stereocenters. The molecule has 2 N–H and O–H groups in total. The summed E-state index contributed by atoms with van der Waals surface area (Å²) >= 11 is 5.95. The lowest BCUT2D eigenvalue weighted by molar-refractivity contribution is -0.142. The molecule has 1 aliphatic heterocycles. The molecule has 1 heterocycles. The number of carboxylic acids is 1. The Morgan fingerprint density at radius 3 is 2.65 bits per heavy atom. The molecule has 0 spiro atoms. The van der Waals surface area contributed by atoms with E-state index >= 15 is 0 Å². The summed E-state index contributed by atoms with van der Waals surface area (Å²) in [4.78, 5) is 23.2. The maximum absolute atomic E-state index is 11.9. The van der Waals surface area contributed by atoms with Crippen LogP contribution in [0.4, 0.5) is 0 Å². The van der Waals surface area contributed by atoms with Crippen molar-refractivity contribution < 1.29 is 24.2 Å². The molecule has 1 aromatic rings. The van der Waals surface area contributed by atoms with E-state index in [1.807, 2.05) is 0 Å². The molecule has 0 fully saturated rings. The van der Waals surface area contributed by atoms with Gasteiger partial charge in [-0.1, -0.05) is 29.8 Å². The molecule has 0 bridgehead atoms. The Bertz CT molecular complexity index is 557. The second kappa shape index (κ2) is 6.29. The van der Waals surface area contributed by atoms with Crippen molar-refractivity contribution in [1.82, 2.24) is 5.32 Å². The van der Waals surface area contributed by atoms with E-state index in [1.165, 1.54) is 6.07 Å². The Balaban J connectivity index is 2.18. The number of hydrogen-bond donors (Lipinski definition) is 2. The van der Waals surface area contributed by atoms with Gasteiger partial charge < -0.3 is 19.9 Å². The van der Waals surface area contributed by atoms with Gasteiger partial charge in [0.1, 0.15) is 19.5 Å². The van der Waals surface area contributed by atoms with Crippen LogP contribution >= 0.6 is 11.6 Å². The minimum absolute atomic E-state index is 0.0606. The fourth-order valence-electron chi connectivity index (χ4n) is 1.67. The third-order valence-electron chi connectivity index (χ3n) is 2.61. The molecule has 0 unspecified atom stereocenters. The van der Waals surface area contributed by atoms with Crippen LogP contribution in [0.5, 0.6) is 0 Å². The molecule has 1 aliphatic rings. The van der Waals surface area contributed by atoms with Crippen LogP contribution in [0.3, 0.4) is 0 Å². The number of carbonyl (C=O) groups excluding carboxylic acids is 1. The SMILES string of the molecule is O=C(N[C@@H](C(=O)O)c1ccccc1Cl)C1=COCCO1. The summed E-state index contributed by atoms with van der Waals surface area (Å²) in [6, 6.07) is 5.14. The van der Waals surface area contributed by atoms with Crippen molar-refractivity contribution in [1.29, 1.82) is 0 Å². The van der Waals surface area contributed by atoms with E-state index in [1.54, 1.807) is 18.2 Å². The van der Waals surface area contributed by atoms with E-state index in [2.05, 4.69) is 5.32 Å². The highest BCUT2D eigenvalue weighted by atomic mass is 35.5. The van der Waals surface area contributed by atoms with Crippen LogP contribution < -0.4 is 5.32 Å². The number of carbonyl (C=O) groups is 2. The molecule has 6 nitrogen and oxygen atoms in total. The zero-order valence-electron chi connectivity index (χ0n) is 10.3. The minimum atomic E-state index is -1.26. The first-order chi connectivity index (χ1) is 9.59. The van der Waals surface area contributed by atoms with E-state index in [4.69, 9.17) is 21.1 Å². The highest BCUT2D eigenvalue weighted by Crippen LogP contribution is 2.23. The topological polar surface area (TPSA) is 84.9 Å². The number of benzene rings is 1. The minimum Gasteiger partial charge on any atom is -0.494 e. The average molecular weight is 298 g/mol. The molecule has 1 amide bonds. The second-order valence-corrected chi connectivity index (χ2v) is 4.37. The molecule has 20 heavy (non-hydrogen) atoms. The largest absolute Gasteiger partial charge is 0.494 e. The van der Waals surface area contributed by atoms with Gasteiger partial charge in [0, 0.05) is 10.6 Å². The number of ether oxygens (including phenoxy) is 2. The summed E-state index contributed by atoms with van der Waals surface area (Å²) in [6.45, 7) is 0.590.